The zero-order chi connectivity index (χ0) is 23.0. The minimum atomic E-state index is 1.12. The lowest BCUT2D eigenvalue weighted by atomic mass is 10.1. The molecule has 0 aliphatic carbocycles. The van der Waals surface area contributed by atoms with Crippen molar-refractivity contribution >= 4 is 17.5 Å². The maximum atomic E-state index is 3.63. The normalized spacial score (nSPS) is 9.33. The number of anilines is 2. The largest absolute Gasteiger partial charge is 0.356 e. The van der Waals surface area contributed by atoms with Gasteiger partial charge in [-0.1, -0.05) is 140 Å². The molecule has 0 saturated carbocycles. The van der Waals surface area contributed by atoms with Gasteiger partial charge in [0.15, 0.2) is 0 Å². The van der Waals surface area contributed by atoms with Crippen LogP contribution in [-0.4, -0.2) is 0 Å². The highest BCUT2D eigenvalue weighted by atomic mass is 14.9. The van der Waals surface area contributed by atoms with Gasteiger partial charge in [-0.2, -0.15) is 0 Å². The first kappa shape index (κ1) is 23.3. The number of benzene rings is 5. The molecule has 1 heteroatoms. The monoisotopic (exact) mass is 427 g/mol. The molecule has 0 saturated heterocycles. The second-order valence-corrected chi connectivity index (χ2v) is 7.20. The Bertz CT molecular complexity index is 1080. The van der Waals surface area contributed by atoms with Crippen LogP contribution < -0.4 is 5.32 Å². The van der Waals surface area contributed by atoms with Gasteiger partial charge >= 0.3 is 0 Å². The topological polar surface area (TPSA) is 12.0 Å². The van der Waals surface area contributed by atoms with E-state index in [2.05, 4.69) is 60.4 Å². The summed E-state index contributed by atoms with van der Waals surface area (Å²) in [5, 5.41) is 3.30. The lowest BCUT2D eigenvalue weighted by Gasteiger charge is -2.04. The standard InChI is InChI=1S/C12H11N.C12H10.C8H8/c1-3-7-11(8-4-1)13-12-9-5-2-6-10-12;1-3-7-11(8-4-1)12-9-5-2-6-10-12;1-2-8-6-4-3-5-7-8/h1-10,13H;1-10H;2-7H,1H2. The van der Waals surface area contributed by atoms with Crippen molar-refractivity contribution in [3.63, 3.8) is 0 Å². The molecule has 5 aromatic carbocycles. The van der Waals surface area contributed by atoms with Crippen LogP contribution in [0.15, 0.2) is 158 Å². The molecule has 1 N–H and O–H groups in total. The van der Waals surface area contributed by atoms with Crippen molar-refractivity contribution in [1.29, 1.82) is 0 Å². The van der Waals surface area contributed by atoms with Crippen molar-refractivity contribution in [3.8, 4) is 11.1 Å². The maximum Gasteiger partial charge on any atom is 0.0384 e. The number of hydrogen-bond acceptors (Lipinski definition) is 1. The summed E-state index contributed by atoms with van der Waals surface area (Å²) in [6, 6.07) is 51.1. The predicted octanol–water partition coefficient (Wildman–Crippen LogP) is 9.11. The van der Waals surface area contributed by atoms with E-state index in [1.54, 1.807) is 0 Å². The molecule has 0 atom stereocenters. The van der Waals surface area contributed by atoms with Crippen molar-refractivity contribution in [2.75, 3.05) is 5.32 Å². The van der Waals surface area contributed by atoms with Crippen LogP contribution in [0.25, 0.3) is 17.2 Å². The molecule has 0 amide bonds. The second kappa shape index (κ2) is 13.8. The van der Waals surface area contributed by atoms with E-state index < -0.39 is 0 Å². The molecule has 33 heavy (non-hydrogen) atoms. The maximum absolute atomic E-state index is 3.63. The van der Waals surface area contributed by atoms with Crippen LogP contribution >= 0.6 is 0 Å². The fraction of sp³-hybridized carbons (Fsp3) is 0. The third-order valence-corrected chi connectivity index (χ3v) is 4.75. The molecule has 1 nitrogen and oxygen atoms in total. The second-order valence-electron chi connectivity index (χ2n) is 7.20. The molecule has 162 valence electrons. The van der Waals surface area contributed by atoms with Crippen LogP contribution in [0.2, 0.25) is 0 Å². The lowest BCUT2D eigenvalue weighted by molar-refractivity contribution is 1.55. The van der Waals surface area contributed by atoms with E-state index in [0.717, 1.165) is 11.4 Å². The van der Waals surface area contributed by atoms with Gasteiger partial charge in [-0.25, -0.2) is 0 Å². The Kier molecular flexibility index (Phi) is 9.78. The van der Waals surface area contributed by atoms with Crippen LogP contribution in [-0.2, 0) is 0 Å². The highest BCUT2D eigenvalue weighted by Gasteiger charge is 1.92. The minimum Gasteiger partial charge on any atom is -0.356 e. The van der Waals surface area contributed by atoms with Gasteiger partial charge in [0.25, 0.3) is 0 Å². The van der Waals surface area contributed by atoms with Crippen molar-refractivity contribution in [1.82, 2.24) is 0 Å². The highest BCUT2D eigenvalue weighted by Crippen LogP contribution is 2.17. The molecular weight excluding hydrogens is 398 g/mol. The average Bonchev–Trinajstić information content (AvgIpc) is 2.92. The molecule has 0 unspecified atom stereocenters. The summed E-state index contributed by atoms with van der Waals surface area (Å²) in [4.78, 5) is 0. The van der Waals surface area contributed by atoms with Crippen LogP contribution in [0.5, 0.6) is 0 Å². The Morgan fingerprint density at radius 1 is 0.394 bits per heavy atom. The quantitative estimate of drug-likeness (QED) is 0.301. The summed E-state index contributed by atoms with van der Waals surface area (Å²) in [5.74, 6) is 0. The van der Waals surface area contributed by atoms with Gasteiger partial charge in [-0.3, -0.25) is 0 Å². The van der Waals surface area contributed by atoms with Crippen molar-refractivity contribution < 1.29 is 0 Å². The molecule has 0 fully saturated rings. The third kappa shape index (κ3) is 8.72. The molecule has 5 aromatic rings. The zero-order valence-corrected chi connectivity index (χ0v) is 18.7. The number of para-hydroxylation sites is 2. The highest BCUT2D eigenvalue weighted by molar-refractivity contribution is 5.62. The summed E-state index contributed by atoms with van der Waals surface area (Å²) in [6.07, 6.45) is 1.83. The number of hydrogen-bond donors (Lipinski definition) is 1. The van der Waals surface area contributed by atoms with E-state index in [0.29, 0.717) is 0 Å². The molecule has 0 bridgehead atoms. The van der Waals surface area contributed by atoms with Gasteiger partial charge in [0.1, 0.15) is 0 Å². The Labute approximate surface area is 197 Å². The van der Waals surface area contributed by atoms with Gasteiger partial charge < -0.3 is 5.32 Å². The van der Waals surface area contributed by atoms with Crippen molar-refractivity contribution in [2.24, 2.45) is 0 Å². The Morgan fingerprint density at radius 2 is 0.697 bits per heavy atom. The van der Waals surface area contributed by atoms with Gasteiger partial charge in [0.05, 0.1) is 0 Å². The van der Waals surface area contributed by atoms with E-state index >= 15 is 0 Å². The minimum absolute atomic E-state index is 1.12. The molecule has 0 heterocycles. The number of rotatable bonds is 4. The fourth-order valence-corrected chi connectivity index (χ4v) is 3.06. The Balaban J connectivity index is 0.000000143. The first-order chi connectivity index (χ1) is 16.3. The zero-order valence-electron chi connectivity index (χ0n) is 18.7. The van der Waals surface area contributed by atoms with Crippen molar-refractivity contribution in [3.05, 3.63) is 164 Å². The van der Waals surface area contributed by atoms with E-state index in [9.17, 15) is 0 Å². The summed E-state index contributed by atoms with van der Waals surface area (Å²) in [6.45, 7) is 3.63. The smallest absolute Gasteiger partial charge is 0.0384 e. The van der Waals surface area contributed by atoms with Gasteiger partial charge in [0, 0.05) is 11.4 Å². The van der Waals surface area contributed by atoms with E-state index in [1.165, 1.54) is 16.7 Å². The molecular formula is C32H29N. The molecule has 0 spiro atoms. The van der Waals surface area contributed by atoms with E-state index in [1.807, 2.05) is 109 Å². The predicted molar refractivity (Wildman–Crippen MR) is 145 cm³/mol. The van der Waals surface area contributed by atoms with Crippen LogP contribution in [0.3, 0.4) is 0 Å². The van der Waals surface area contributed by atoms with Crippen LogP contribution in [0.4, 0.5) is 11.4 Å². The summed E-state index contributed by atoms with van der Waals surface area (Å²) in [7, 11) is 0. The van der Waals surface area contributed by atoms with Gasteiger partial charge in [0.2, 0.25) is 0 Å². The summed E-state index contributed by atoms with van der Waals surface area (Å²) >= 11 is 0. The van der Waals surface area contributed by atoms with Gasteiger partial charge in [-0.05, 0) is 41.0 Å². The molecule has 0 radical (unpaired) electrons. The molecule has 5 rings (SSSR count). The Morgan fingerprint density at radius 3 is 1.00 bits per heavy atom. The van der Waals surface area contributed by atoms with E-state index in [4.69, 9.17) is 0 Å². The Hall–Kier alpha value is -4.36. The first-order valence-corrected chi connectivity index (χ1v) is 11.0. The fourth-order valence-electron chi connectivity index (χ4n) is 3.06. The third-order valence-electron chi connectivity index (χ3n) is 4.75. The molecule has 0 aliphatic heterocycles. The van der Waals surface area contributed by atoms with Crippen molar-refractivity contribution in [2.45, 2.75) is 0 Å². The summed E-state index contributed by atoms with van der Waals surface area (Å²) < 4.78 is 0. The van der Waals surface area contributed by atoms with Crippen LogP contribution in [0, 0.1) is 0 Å². The molecule has 0 aromatic heterocycles. The average molecular weight is 428 g/mol. The first-order valence-electron chi connectivity index (χ1n) is 11.0. The van der Waals surface area contributed by atoms with Crippen LogP contribution in [0.1, 0.15) is 5.56 Å². The SMILES string of the molecule is C=Cc1ccccc1.c1ccc(-c2ccccc2)cc1.c1ccc(Nc2ccccc2)cc1. The summed E-state index contributed by atoms with van der Waals surface area (Å²) in [5.41, 5.74) is 5.96. The molecule has 0 aliphatic rings. The lowest BCUT2D eigenvalue weighted by Crippen LogP contribution is -1.87. The number of nitrogens with one attached hydrogen (secondary N) is 1. The van der Waals surface area contributed by atoms with E-state index in [-0.39, 0.29) is 0 Å². The van der Waals surface area contributed by atoms with Gasteiger partial charge in [-0.15, -0.1) is 0 Å².